The van der Waals surface area contributed by atoms with Crippen LogP contribution < -0.4 is 5.32 Å². The van der Waals surface area contributed by atoms with Crippen LogP contribution in [0.1, 0.15) is 24.2 Å². The van der Waals surface area contributed by atoms with Gasteiger partial charge in [-0.2, -0.15) is 5.10 Å². The van der Waals surface area contributed by atoms with Crippen molar-refractivity contribution in [3.05, 3.63) is 47.0 Å². The van der Waals surface area contributed by atoms with Gasteiger partial charge in [-0.25, -0.2) is 0 Å². The van der Waals surface area contributed by atoms with Crippen LogP contribution in [-0.4, -0.2) is 21.8 Å². The Hall–Kier alpha value is -1.39. The van der Waals surface area contributed by atoms with Crippen LogP contribution in [0.2, 0.25) is 5.02 Å². The molecule has 96 valence electrons. The summed E-state index contributed by atoms with van der Waals surface area (Å²) in [7, 11) is 1.94. The highest BCUT2D eigenvalue weighted by atomic mass is 35.5. The molecular formula is C13H17ClN4. The van der Waals surface area contributed by atoms with Gasteiger partial charge >= 0.3 is 0 Å². The van der Waals surface area contributed by atoms with Crippen LogP contribution in [0.3, 0.4) is 0 Å². The van der Waals surface area contributed by atoms with E-state index in [0.29, 0.717) is 5.02 Å². The number of likely N-dealkylation sites (N-methyl/N-ethyl adjacent to an activating group) is 1. The number of nitrogens with one attached hydrogen (secondary N) is 1. The highest BCUT2D eigenvalue weighted by molar-refractivity contribution is 6.30. The largest absolute Gasteiger partial charge is 0.311 e. The number of pyridine rings is 1. The van der Waals surface area contributed by atoms with Gasteiger partial charge in [0.15, 0.2) is 0 Å². The normalized spacial score (nSPS) is 12.6. The zero-order chi connectivity index (χ0) is 13.0. The summed E-state index contributed by atoms with van der Waals surface area (Å²) in [6.45, 7) is 2.97. The molecule has 0 radical (unpaired) electrons. The van der Waals surface area contributed by atoms with E-state index in [1.807, 2.05) is 30.1 Å². The molecule has 2 aromatic rings. The summed E-state index contributed by atoms with van der Waals surface area (Å²) in [5.41, 5.74) is 2.19. The SMILES string of the molecule is CCn1cc(CC(NC)c2ccc(Cl)cn2)cn1. The van der Waals surface area contributed by atoms with Gasteiger partial charge in [0.05, 0.1) is 23.0 Å². The van der Waals surface area contributed by atoms with Gasteiger partial charge in [-0.3, -0.25) is 9.67 Å². The Kier molecular flexibility index (Phi) is 4.33. The van der Waals surface area contributed by atoms with Gasteiger partial charge in [0.25, 0.3) is 0 Å². The van der Waals surface area contributed by atoms with E-state index in [0.717, 1.165) is 18.7 Å². The van der Waals surface area contributed by atoms with E-state index in [2.05, 4.69) is 28.5 Å². The smallest absolute Gasteiger partial charge is 0.0589 e. The molecule has 0 bridgehead atoms. The molecule has 5 heteroatoms. The molecule has 2 rings (SSSR count). The van der Waals surface area contributed by atoms with E-state index in [4.69, 9.17) is 11.6 Å². The predicted molar refractivity (Wildman–Crippen MR) is 72.7 cm³/mol. The molecule has 0 spiro atoms. The van der Waals surface area contributed by atoms with E-state index in [-0.39, 0.29) is 6.04 Å². The summed E-state index contributed by atoms with van der Waals surface area (Å²) in [5.74, 6) is 0. The zero-order valence-corrected chi connectivity index (χ0v) is 11.4. The molecule has 0 fully saturated rings. The fourth-order valence-electron chi connectivity index (χ4n) is 1.87. The maximum absolute atomic E-state index is 5.85. The minimum Gasteiger partial charge on any atom is -0.311 e. The molecule has 2 heterocycles. The first kappa shape index (κ1) is 13.1. The molecule has 2 aromatic heterocycles. The van der Waals surface area contributed by atoms with Crippen LogP contribution in [0.5, 0.6) is 0 Å². The molecule has 0 aliphatic heterocycles. The number of hydrogen-bond donors (Lipinski definition) is 1. The second-order valence-corrected chi connectivity index (χ2v) is 4.59. The van der Waals surface area contributed by atoms with Crippen molar-refractivity contribution in [1.82, 2.24) is 20.1 Å². The van der Waals surface area contributed by atoms with E-state index >= 15 is 0 Å². The van der Waals surface area contributed by atoms with Crippen molar-refractivity contribution < 1.29 is 0 Å². The van der Waals surface area contributed by atoms with Crippen molar-refractivity contribution in [3.8, 4) is 0 Å². The summed E-state index contributed by atoms with van der Waals surface area (Å²) in [4.78, 5) is 4.35. The second kappa shape index (κ2) is 5.98. The Morgan fingerprint density at radius 1 is 1.39 bits per heavy atom. The molecule has 18 heavy (non-hydrogen) atoms. The van der Waals surface area contributed by atoms with E-state index in [1.54, 1.807) is 6.20 Å². The molecule has 1 N–H and O–H groups in total. The van der Waals surface area contributed by atoms with Crippen LogP contribution in [0.15, 0.2) is 30.7 Å². The Balaban J connectivity index is 2.11. The highest BCUT2D eigenvalue weighted by Gasteiger charge is 2.12. The molecule has 0 aromatic carbocycles. The molecule has 0 amide bonds. The van der Waals surface area contributed by atoms with Gasteiger partial charge in [-0.1, -0.05) is 11.6 Å². The lowest BCUT2D eigenvalue weighted by atomic mass is 10.1. The number of hydrogen-bond acceptors (Lipinski definition) is 3. The number of aryl methyl sites for hydroxylation is 1. The number of nitrogens with zero attached hydrogens (tertiary/aromatic N) is 3. The van der Waals surface area contributed by atoms with Crippen LogP contribution in [0.25, 0.3) is 0 Å². The molecule has 0 saturated heterocycles. The van der Waals surface area contributed by atoms with Gasteiger partial charge in [0.2, 0.25) is 0 Å². The summed E-state index contributed by atoms with van der Waals surface area (Å²) < 4.78 is 1.93. The highest BCUT2D eigenvalue weighted by Crippen LogP contribution is 2.17. The summed E-state index contributed by atoms with van der Waals surface area (Å²) in [5, 5.41) is 8.21. The Morgan fingerprint density at radius 2 is 2.22 bits per heavy atom. The van der Waals surface area contributed by atoms with Gasteiger partial charge < -0.3 is 5.32 Å². The Labute approximate surface area is 112 Å². The van der Waals surface area contributed by atoms with E-state index in [1.165, 1.54) is 5.56 Å². The fourth-order valence-corrected chi connectivity index (χ4v) is 1.98. The van der Waals surface area contributed by atoms with Gasteiger partial charge in [-0.05, 0) is 38.1 Å². The number of aromatic nitrogens is 3. The molecule has 1 atom stereocenters. The predicted octanol–water partition coefficient (Wildman–Crippen LogP) is 2.45. The first-order chi connectivity index (χ1) is 8.72. The first-order valence-corrected chi connectivity index (χ1v) is 6.40. The topological polar surface area (TPSA) is 42.7 Å². The zero-order valence-electron chi connectivity index (χ0n) is 10.6. The van der Waals surface area contributed by atoms with Crippen LogP contribution in [0, 0.1) is 0 Å². The Morgan fingerprint density at radius 3 is 2.78 bits per heavy atom. The van der Waals surface area contributed by atoms with Crippen molar-refractivity contribution in [3.63, 3.8) is 0 Å². The van der Waals surface area contributed by atoms with Crippen LogP contribution in [0.4, 0.5) is 0 Å². The third-order valence-corrected chi connectivity index (χ3v) is 3.13. The summed E-state index contributed by atoms with van der Waals surface area (Å²) in [6.07, 6.45) is 6.52. The fraction of sp³-hybridized carbons (Fsp3) is 0.385. The molecule has 1 unspecified atom stereocenters. The molecule has 0 saturated carbocycles. The minimum absolute atomic E-state index is 0.178. The quantitative estimate of drug-likeness (QED) is 0.902. The van der Waals surface area contributed by atoms with Crippen molar-refractivity contribution in [2.45, 2.75) is 25.9 Å². The van der Waals surface area contributed by atoms with Crippen molar-refractivity contribution in [1.29, 1.82) is 0 Å². The van der Waals surface area contributed by atoms with Gasteiger partial charge in [0, 0.05) is 18.9 Å². The third-order valence-electron chi connectivity index (χ3n) is 2.91. The molecule has 0 aliphatic carbocycles. The van der Waals surface area contributed by atoms with Gasteiger partial charge in [0.1, 0.15) is 0 Å². The lowest BCUT2D eigenvalue weighted by Crippen LogP contribution is -2.19. The van der Waals surface area contributed by atoms with Crippen molar-refractivity contribution in [2.75, 3.05) is 7.05 Å². The van der Waals surface area contributed by atoms with E-state index in [9.17, 15) is 0 Å². The second-order valence-electron chi connectivity index (χ2n) is 4.15. The summed E-state index contributed by atoms with van der Waals surface area (Å²) in [6, 6.07) is 3.99. The Bertz CT molecular complexity index is 492. The third kappa shape index (κ3) is 3.09. The molecule has 4 nitrogen and oxygen atoms in total. The average Bonchev–Trinajstić information content (AvgIpc) is 2.85. The first-order valence-electron chi connectivity index (χ1n) is 6.03. The minimum atomic E-state index is 0.178. The van der Waals surface area contributed by atoms with Gasteiger partial charge in [-0.15, -0.1) is 0 Å². The molecule has 0 aliphatic rings. The monoisotopic (exact) mass is 264 g/mol. The average molecular weight is 265 g/mol. The van der Waals surface area contributed by atoms with Crippen LogP contribution >= 0.6 is 11.6 Å². The summed E-state index contributed by atoms with van der Waals surface area (Å²) >= 11 is 5.85. The maximum Gasteiger partial charge on any atom is 0.0589 e. The standard InChI is InChI=1S/C13H17ClN4/c1-3-18-9-10(7-17-18)6-13(15-2)12-5-4-11(14)8-16-12/h4-5,7-9,13,15H,3,6H2,1-2H3. The van der Waals surface area contributed by atoms with E-state index < -0.39 is 0 Å². The maximum atomic E-state index is 5.85. The lowest BCUT2D eigenvalue weighted by Gasteiger charge is -2.14. The lowest BCUT2D eigenvalue weighted by molar-refractivity contribution is 0.575. The number of halogens is 1. The van der Waals surface area contributed by atoms with Crippen molar-refractivity contribution >= 4 is 11.6 Å². The van der Waals surface area contributed by atoms with Crippen LogP contribution in [-0.2, 0) is 13.0 Å². The van der Waals surface area contributed by atoms with Crippen molar-refractivity contribution in [2.24, 2.45) is 0 Å². The number of rotatable bonds is 5. The molecular weight excluding hydrogens is 248 g/mol.